The summed E-state index contributed by atoms with van der Waals surface area (Å²) >= 11 is 0. The Kier molecular flexibility index (Phi) is 3.27. The Hall–Kier alpha value is -2.04. The predicted molar refractivity (Wildman–Crippen MR) is 66.7 cm³/mol. The van der Waals surface area contributed by atoms with Crippen LogP contribution in [0.1, 0.15) is 13.3 Å². The Bertz CT molecular complexity index is 507. The number of methoxy groups -OCH3 is 1. The molecular weight excluding hydrogens is 216 g/mol. The average Bonchev–Trinajstić information content (AvgIpc) is 2.78. The summed E-state index contributed by atoms with van der Waals surface area (Å²) in [6, 6.07) is 5.53. The second kappa shape index (κ2) is 4.86. The van der Waals surface area contributed by atoms with Crippen LogP contribution in [0.5, 0.6) is 5.75 Å². The molecule has 1 aromatic heterocycles. The molecule has 1 aromatic carbocycles. The normalized spacial score (nSPS) is 10.5. The Morgan fingerprint density at radius 2 is 2.24 bits per heavy atom. The highest BCUT2D eigenvalue weighted by atomic mass is 16.5. The van der Waals surface area contributed by atoms with Crippen LogP contribution in [0.4, 0.5) is 5.69 Å². The summed E-state index contributed by atoms with van der Waals surface area (Å²) in [6.07, 6.45) is 2.74. The molecule has 0 fully saturated rings. The van der Waals surface area contributed by atoms with Gasteiger partial charge in [-0.3, -0.25) is 0 Å². The molecule has 0 amide bonds. The van der Waals surface area contributed by atoms with Crippen LogP contribution in [0.15, 0.2) is 24.5 Å². The number of ether oxygens (including phenoxy) is 1. The van der Waals surface area contributed by atoms with Crippen LogP contribution in [0, 0.1) is 0 Å². The van der Waals surface area contributed by atoms with Crippen LogP contribution in [0.3, 0.4) is 0 Å². The van der Waals surface area contributed by atoms with Crippen molar-refractivity contribution in [3.63, 3.8) is 0 Å². The SMILES string of the molecule is CCCn1cnnc1-c1cc(OC)ccc1N. The monoisotopic (exact) mass is 232 g/mol. The van der Waals surface area contributed by atoms with Gasteiger partial charge in [0, 0.05) is 17.8 Å². The Morgan fingerprint density at radius 1 is 1.41 bits per heavy atom. The highest BCUT2D eigenvalue weighted by Crippen LogP contribution is 2.28. The number of rotatable bonds is 4. The molecule has 0 aliphatic rings. The molecule has 0 aliphatic heterocycles. The van der Waals surface area contributed by atoms with Gasteiger partial charge in [0.25, 0.3) is 0 Å². The molecule has 2 N–H and O–H groups in total. The van der Waals surface area contributed by atoms with Crippen molar-refractivity contribution in [2.24, 2.45) is 0 Å². The quantitative estimate of drug-likeness (QED) is 0.818. The van der Waals surface area contributed by atoms with Gasteiger partial charge < -0.3 is 15.0 Å². The fourth-order valence-electron chi connectivity index (χ4n) is 1.72. The summed E-state index contributed by atoms with van der Waals surface area (Å²) < 4.78 is 7.19. The standard InChI is InChI=1S/C12H16N4O/c1-3-6-16-8-14-15-12(16)10-7-9(17-2)4-5-11(10)13/h4-5,7-8H,3,6,13H2,1-2H3. The summed E-state index contributed by atoms with van der Waals surface area (Å²) in [5, 5.41) is 8.05. The molecule has 0 radical (unpaired) electrons. The van der Waals surface area contributed by atoms with Gasteiger partial charge >= 0.3 is 0 Å². The highest BCUT2D eigenvalue weighted by Gasteiger charge is 2.11. The van der Waals surface area contributed by atoms with E-state index in [9.17, 15) is 0 Å². The van der Waals surface area contributed by atoms with Crippen LogP contribution in [0.2, 0.25) is 0 Å². The number of benzene rings is 1. The molecule has 5 heteroatoms. The molecule has 2 rings (SSSR count). The van der Waals surface area contributed by atoms with Crippen molar-refractivity contribution < 1.29 is 4.74 Å². The van der Waals surface area contributed by atoms with Crippen molar-refractivity contribution in [3.8, 4) is 17.1 Å². The summed E-state index contributed by atoms with van der Waals surface area (Å²) in [6.45, 7) is 2.98. The van der Waals surface area contributed by atoms with E-state index < -0.39 is 0 Å². The van der Waals surface area contributed by atoms with Gasteiger partial charge in [0.2, 0.25) is 0 Å². The van der Waals surface area contributed by atoms with Crippen LogP contribution >= 0.6 is 0 Å². The molecule has 90 valence electrons. The van der Waals surface area contributed by atoms with Gasteiger partial charge in [-0.15, -0.1) is 10.2 Å². The van der Waals surface area contributed by atoms with Gasteiger partial charge in [-0.25, -0.2) is 0 Å². The maximum absolute atomic E-state index is 5.96. The largest absolute Gasteiger partial charge is 0.497 e. The number of hydrogen-bond acceptors (Lipinski definition) is 4. The van der Waals surface area contributed by atoms with E-state index in [0.717, 1.165) is 30.1 Å². The highest BCUT2D eigenvalue weighted by molar-refractivity contribution is 5.73. The number of anilines is 1. The average molecular weight is 232 g/mol. The molecule has 2 aromatic rings. The van der Waals surface area contributed by atoms with Gasteiger partial charge in [-0.1, -0.05) is 6.92 Å². The maximum atomic E-state index is 5.96. The van der Waals surface area contributed by atoms with E-state index in [4.69, 9.17) is 10.5 Å². The Morgan fingerprint density at radius 3 is 2.94 bits per heavy atom. The van der Waals surface area contributed by atoms with E-state index in [-0.39, 0.29) is 0 Å². The Labute approximate surface area is 100 Å². The number of nitrogen functional groups attached to an aromatic ring is 1. The molecule has 0 saturated heterocycles. The summed E-state index contributed by atoms with van der Waals surface area (Å²) in [7, 11) is 1.63. The van der Waals surface area contributed by atoms with Gasteiger partial charge in [0.05, 0.1) is 7.11 Å². The fraction of sp³-hybridized carbons (Fsp3) is 0.333. The molecule has 17 heavy (non-hydrogen) atoms. The van der Waals surface area contributed by atoms with Crippen molar-refractivity contribution in [3.05, 3.63) is 24.5 Å². The van der Waals surface area contributed by atoms with E-state index in [1.54, 1.807) is 13.4 Å². The zero-order valence-corrected chi connectivity index (χ0v) is 10.1. The molecule has 1 heterocycles. The number of hydrogen-bond donors (Lipinski definition) is 1. The fourth-order valence-corrected chi connectivity index (χ4v) is 1.72. The van der Waals surface area contributed by atoms with Crippen molar-refractivity contribution in [1.82, 2.24) is 14.8 Å². The third-order valence-corrected chi connectivity index (χ3v) is 2.58. The van der Waals surface area contributed by atoms with Crippen molar-refractivity contribution in [2.45, 2.75) is 19.9 Å². The molecule has 0 saturated carbocycles. The second-order valence-corrected chi connectivity index (χ2v) is 3.80. The minimum atomic E-state index is 0.677. The first-order chi connectivity index (χ1) is 8.26. The molecule has 0 spiro atoms. The van der Waals surface area contributed by atoms with Gasteiger partial charge in [0.15, 0.2) is 5.82 Å². The molecule has 5 nitrogen and oxygen atoms in total. The molecule has 0 atom stereocenters. The van der Waals surface area contributed by atoms with E-state index in [2.05, 4.69) is 17.1 Å². The lowest BCUT2D eigenvalue weighted by atomic mass is 10.1. The lowest BCUT2D eigenvalue weighted by Gasteiger charge is -2.09. The number of nitrogens with zero attached hydrogens (tertiary/aromatic N) is 3. The predicted octanol–water partition coefficient (Wildman–Crippen LogP) is 1.95. The lowest BCUT2D eigenvalue weighted by molar-refractivity contribution is 0.415. The van der Waals surface area contributed by atoms with Gasteiger partial charge in [0.1, 0.15) is 12.1 Å². The molecule has 0 unspecified atom stereocenters. The molecule has 0 aliphatic carbocycles. The zero-order valence-electron chi connectivity index (χ0n) is 10.1. The first-order valence-electron chi connectivity index (χ1n) is 5.58. The summed E-state index contributed by atoms with van der Waals surface area (Å²) in [5.41, 5.74) is 7.50. The first kappa shape index (κ1) is 11.4. The number of nitrogens with two attached hydrogens (primary N) is 1. The van der Waals surface area contributed by atoms with E-state index in [0.29, 0.717) is 5.69 Å². The number of aryl methyl sites for hydroxylation is 1. The van der Waals surface area contributed by atoms with Gasteiger partial charge in [-0.05, 0) is 24.6 Å². The van der Waals surface area contributed by atoms with E-state index in [1.165, 1.54) is 0 Å². The summed E-state index contributed by atoms with van der Waals surface area (Å²) in [5.74, 6) is 1.54. The zero-order chi connectivity index (χ0) is 12.3. The minimum absolute atomic E-state index is 0.677. The van der Waals surface area contributed by atoms with Crippen molar-refractivity contribution in [2.75, 3.05) is 12.8 Å². The molecule has 0 bridgehead atoms. The van der Waals surface area contributed by atoms with Gasteiger partial charge in [-0.2, -0.15) is 0 Å². The van der Waals surface area contributed by atoms with E-state index in [1.807, 2.05) is 22.8 Å². The smallest absolute Gasteiger partial charge is 0.165 e. The topological polar surface area (TPSA) is 66.0 Å². The number of aromatic nitrogens is 3. The first-order valence-corrected chi connectivity index (χ1v) is 5.58. The van der Waals surface area contributed by atoms with Crippen LogP contribution in [-0.4, -0.2) is 21.9 Å². The third-order valence-electron chi connectivity index (χ3n) is 2.58. The van der Waals surface area contributed by atoms with Crippen LogP contribution in [-0.2, 0) is 6.54 Å². The maximum Gasteiger partial charge on any atom is 0.165 e. The third kappa shape index (κ3) is 2.22. The second-order valence-electron chi connectivity index (χ2n) is 3.80. The molecular formula is C12H16N4O. The van der Waals surface area contributed by atoms with Crippen molar-refractivity contribution in [1.29, 1.82) is 0 Å². The van der Waals surface area contributed by atoms with Crippen molar-refractivity contribution >= 4 is 5.69 Å². The van der Waals surface area contributed by atoms with E-state index >= 15 is 0 Å². The van der Waals surface area contributed by atoms with Crippen LogP contribution in [0.25, 0.3) is 11.4 Å². The summed E-state index contributed by atoms with van der Waals surface area (Å²) in [4.78, 5) is 0. The Balaban J connectivity index is 2.47. The van der Waals surface area contributed by atoms with Crippen LogP contribution < -0.4 is 10.5 Å². The minimum Gasteiger partial charge on any atom is -0.497 e. The lowest BCUT2D eigenvalue weighted by Crippen LogP contribution is -2.01.